The number of ether oxygens (including phenoxy) is 1. The van der Waals surface area contributed by atoms with Crippen LogP contribution in [-0.2, 0) is 36.8 Å². The number of hydrogen-bond acceptors (Lipinski definition) is 6. The lowest BCUT2D eigenvalue weighted by atomic mass is 10.0. The van der Waals surface area contributed by atoms with Gasteiger partial charge in [-0.2, -0.15) is 0 Å². The van der Waals surface area contributed by atoms with Crippen LogP contribution in [0.15, 0.2) is 60.7 Å². The number of rotatable bonds is 13. The van der Waals surface area contributed by atoms with Gasteiger partial charge in [0.15, 0.2) is 6.04 Å². The molecule has 1 saturated heterocycles. The van der Waals surface area contributed by atoms with Gasteiger partial charge in [-0.25, -0.2) is 4.79 Å². The van der Waals surface area contributed by atoms with Gasteiger partial charge in [0, 0.05) is 25.4 Å². The largest absolute Gasteiger partial charge is 0.480 e. The third kappa shape index (κ3) is 10.3. The predicted molar refractivity (Wildman–Crippen MR) is 155 cm³/mol. The summed E-state index contributed by atoms with van der Waals surface area (Å²) in [4.78, 5) is 53.3. The van der Waals surface area contributed by atoms with Crippen molar-refractivity contribution in [1.82, 2.24) is 15.5 Å². The van der Waals surface area contributed by atoms with E-state index in [1.165, 1.54) is 4.90 Å². The molecule has 0 bridgehead atoms. The molecule has 4 atom stereocenters. The predicted octanol–water partition coefficient (Wildman–Crippen LogP) is 2.05. The SMILES string of the molecule is CC(C)(C)OCC(NC(=O)C1CCCN1C(=O)C(Cc1ccccc1)NC(=O)CC(N)Cc1ccccc1)C(=O)O. The summed E-state index contributed by atoms with van der Waals surface area (Å²) in [5.74, 6) is -2.53. The van der Waals surface area contributed by atoms with E-state index in [1.54, 1.807) is 20.8 Å². The van der Waals surface area contributed by atoms with E-state index in [4.69, 9.17) is 10.5 Å². The molecule has 5 N–H and O–H groups in total. The topological polar surface area (TPSA) is 151 Å². The van der Waals surface area contributed by atoms with E-state index in [2.05, 4.69) is 10.6 Å². The third-order valence-corrected chi connectivity index (χ3v) is 6.84. The lowest BCUT2D eigenvalue weighted by Gasteiger charge is -2.30. The van der Waals surface area contributed by atoms with E-state index < -0.39 is 47.6 Å². The average Bonchev–Trinajstić information content (AvgIpc) is 3.41. The van der Waals surface area contributed by atoms with Gasteiger partial charge in [-0.05, 0) is 51.2 Å². The second kappa shape index (κ2) is 14.7. The van der Waals surface area contributed by atoms with Crippen LogP contribution < -0.4 is 16.4 Å². The van der Waals surface area contributed by atoms with E-state index in [9.17, 15) is 24.3 Å². The molecule has 0 radical (unpaired) electrons. The molecule has 2 aromatic carbocycles. The number of likely N-dealkylation sites (tertiary alicyclic amines) is 1. The van der Waals surface area contributed by atoms with Crippen LogP contribution in [0.2, 0.25) is 0 Å². The average molecular weight is 567 g/mol. The number of nitrogens with two attached hydrogens (primary N) is 1. The number of aliphatic carboxylic acids is 1. The summed E-state index contributed by atoms with van der Waals surface area (Å²) < 4.78 is 5.57. The Labute approximate surface area is 241 Å². The zero-order chi connectivity index (χ0) is 30.0. The zero-order valence-electron chi connectivity index (χ0n) is 24.0. The van der Waals surface area contributed by atoms with Crippen molar-refractivity contribution in [2.75, 3.05) is 13.2 Å². The van der Waals surface area contributed by atoms with Gasteiger partial charge in [0.2, 0.25) is 17.7 Å². The number of carbonyl (C=O) groups is 4. The van der Waals surface area contributed by atoms with Crippen LogP contribution in [0.1, 0.15) is 51.2 Å². The third-order valence-electron chi connectivity index (χ3n) is 6.84. The van der Waals surface area contributed by atoms with Crippen molar-refractivity contribution in [2.24, 2.45) is 5.73 Å². The monoisotopic (exact) mass is 566 g/mol. The standard InChI is InChI=1S/C31H42N4O6/c1-31(2,3)41-20-25(30(39)40)34-28(37)26-15-10-16-35(26)29(38)24(18-22-13-8-5-9-14-22)33-27(36)19-23(32)17-21-11-6-4-7-12-21/h4-9,11-14,23-26H,10,15-20,32H2,1-3H3,(H,33,36)(H,34,37)(H,39,40). The molecule has 3 amide bonds. The molecule has 0 saturated carbocycles. The van der Waals surface area contributed by atoms with E-state index >= 15 is 0 Å². The summed E-state index contributed by atoms with van der Waals surface area (Å²) in [5.41, 5.74) is 7.54. The maximum Gasteiger partial charge on any atom is 0.328 e. The van der Waals surface area contributed by atoms with Crippen molar-refractivity contribution in [3.63, 3.8) is 0 Å². The van der Waals surface area contributed by atoms with Crippen LogP contribution >= 0.6 is 0 Å². The Hall–Kier alpha value is -3.76. The Morgan fingerprint density at radius 3 is 2.10 bits per heavy atom. The zero-order valence-corrected chi connectivity index (χ0v) is 24.0. The van der Waals surface area contributed by atoms with Crippen molar-refractivity contribution in [2.45, 2.75) is 82.6 Å². The van der Waals surface area contributed by atoms with E-state index in [-0.39, 0.29) is 25.4 Å². The first-order valence-corrected chi connectivity index (χ1v) is 14.0. The number of hydrogen-bond donors (Lipinski definition) is 4. The summed E-state index contributed by atoms with van der Waals surface area (Å²) in [6.45, 7) is 5.49. The fourth-order valence-corrected chi connectivity index (χ4v) is 4.81. The van der Waals surface area contributed by atoms with Gasteiger partial charge in [0.1, 0.15) is 12.1 Å². The van der Waals surface area contributed by atoms with Crippen LogP contribution in [0, 0.1) is 0 Å². The minimum absolute atomic E-state index is 0.0332. The van der Waals surface area contributed by atoms with Gasteiger partial charge in [0.05, 0.1) is 12.2 Å². The number of nitrogens with one attached hydrogen (secondary N) is 2. The van der Waals surface area contributed by atoms with Crippen molar-refractivity contribution >= 4 is 23.7 Å². The smallest absolute Gasteiger partial charge is 0.328 e. The number of nitrogens with zero attached hydrogens (tertiary/aromatic N) is 1. The van der Waals surface area contributed by atoms with Gasteiger partial charge in [-0.1, -0.05) is 60.7 Å². The first-order valence-electron chi connectivity index (χ1n) is 14.0. The molecule has 4 unspecified atom stereocenters. The van der Waals surface area contributed by atoms with E-state index in [1.807, 2.05) is 60.7 Å². The molecule has 0 aromatic heterocycles. The quantitative estimate of drug-likeness (QED) is 0.290. The number of carboxylic acid groups (broad SMARTS) is 1. The van der Waals surface area contributed by atoms with Gasteiger partial charge >= 0.3 is 5.97 Å². The summed E-state index contributed by atoms with van der Waals surface area (Å²) in [5, 5.41) is 15.0. The molecular weight excluding hydrogens is 524 g/mol. The highest BCUT2D eigenvalue weighted by atomic mass is 16.5. The Kier molecular flexibility index (Phi) is 11.4. The minimum atomic E-state index is -1.26. The Morgan fingerprint density at radius 1 is 0.951 bits per heavy atom. The highest BCUT2D eigenvalue weighted by Crippen LogP contribution is 2.20. The number of carboxylic acids is 1. The molecule has 1 heterocycles. The molecular formula is C31H42N4O6. The second-order valence-corrected chi connectivity index (χ2v) is 11.5. The molecule has 0 aliphatic carbocycles. The number of carbonyl (C=O) groups excluding carboxylic acids is 3. The first kappa shape index (κ1) is 31.8. The summed E-state index contributed by atoms with van der Waals surface area (Å²) in [6, 6.07) is 15.5. The van der Waals surface area contributed by atoms with Gasteiger partial charge < -0.3 is 31.1 Å². The molecule has 0 spiro atoms. The lowest BCUT2D eigenvalue weighted by Crippen LogP contribution is -2.56. The fraction of sp³-hybridized carbons (Fsp3) is 0.484. The van der Waals surface area contributed by atoms with Crippen LogP contribution in [0.5, 0.6) is 0 Å². The van der Waals surface area contributed by atoms with Crippen molar-refractivity contribution < 1.29 is 29.0 Å². The fourth-order valence-electron chi connectivity index (χ4n) is 4.81. The summed E-state index contributed by atoms with van der Waals surface area (Å²) in [7, 11) is 0. The van der Waals surface area contributed by atoms with Crippen LogP contribution in [-0.4, -0.2) is 76.6 Å². The highest BCUT2D eigenvalue weighted by molar-refractivity contribution is 5.94. The maximum absolute atomic E-state index is 13.8. The summed E-state index contributed by atoms with van der Waals surface area (Å²) in [6.07, 6.45) is 1.75. The molecule has 3 rings (SSSR count). The van der Waals surface area contributed by atoms with Gasteiger partial charge in [0.25, 0.3) is 0 Å². The molecule has 10 nitrogen and oxygen atoms in total. The molecule has 222 valence electrons. The number of benzene rings is 2. The minimum Gasteiger partial charge on any atom is -0.480 e. The molecule has 2 aromatic rings. The summed E-state index contributed by atoms with van der Waals surface area (Å²) >= 11 is 0. The van der Waals surface area contributed by atoms with Crippen molar-refractivity contribution in [3.8, 4) is 0 Å². The van der Waals surface area contributed by atoms with E-state index in [0.717, 1.165) is 11.1 Å². The van der Waals surface area contributed by atoms with Gasteiger partial charge in [-0.3, -0.25) is 14.4 Å². The molecule has 41 heavy (non-hydrogen) atoms. The Balaban J connectivity index is 1.70. The number of amides is 3. The lowest BCUT2D eigenvalue weighted by molar-refractivity contribution is -0.147. The normalized spacial score (nSPS) is 17.4. The van der Waals surface area contributed by atoms with E-state index in [0.29, 0.717) is 25.8 Å². The second-order valence-electron chi connectivity index (χ2n) is 11.5. The first-order chi connectivity index (χ1) is 19.4. The molecule has 1 fully saturated rings. The Bertz CT molecular complexity index is 1170. The van der Waals surface area contributed by atoms with Crippen LogP contribution in [0.3, 0.4) is 0 Å². The highest BCUT2D eigenvalue weighted by Gasteiger charge is 2.39. The van der Waals surface area contributed by atoms with Crippen LogP contribution in [0.25, 0.3) is 0 Å². The van der Waals surface area contributed by atoms with Gasteiger partial charge in [-0.15, -0.1) is 0 Å². The molecule has 1 aliphatic rings. The van der Waals surface area contributed by atoms with Crippen molar-refractivity contribution in [3.05, 3.63) is 71.8 Å². The maximum atomic E-state index is 13.8. The molecule has 10 heteroatoms. The van der Waals surface area contributed by atoms with Crippen molar-refractivity contribution in [1.29, 1.82) is 0 Å². The molecule has 1 aliphatic heterocycles. The Morgan fingerprint density at radius 2 is 1.54 bits per heavy atom. The van der Waals surface area contributed by atoms with Crippen LogP contribution in [0.4, 0.5) is 0 Å².